The van der Waals surface area contributed by atoms with E-state index in [-0.39, 0.29) is 30.4 Å². The summed E-state index contributed by atoms with van der Waals surface area (Å²) in [5.74, 6) is 1.07. The molecule has 5 rings (SSSR count). The Kier molecular flexibility index (Phi) is 6.27. The van der Waals surface area contributed by atoms with E-state index in [2.05, 4.69) is 46.8 Å². The molecule has 1 N–H and O–H groups in total. The SMILES string of the molecule is CC(C)c1c(OCC(O)CN2C(=O)c3ccccc3C2=O)ccc2c1CC[C@H]1C(C)(C)CCC[C@]21C. The maximum absolute atomic E-state index is 12.7. The van der Waals surface area contributed by atoms with E-state index in [1.54, 1.807) is 24.3 Å². The Morgan fingerprint density at radius 3 is 2.33 bits per heavy atom. The van der Waals surface area contributed by atoms with E-state index in [1.165, 1.54) is 42.4 Å². The van der Waals surface area contributed by atoms with Crippen LogP contribution < -0.4 is 4.74 Å². The summed E-state index contributed by atoms with van der Waals surface area (Å²) in [6.07, 6.45) is 5.07. The van der Waals surface area contributed by atoms with Crippen LogP contribution in [0.15, 0.2) is 36.4 Å². The molecule has 0 spiro atoms. The number of nitrogens with zero attached hydrogens (tertiary/aromatic N) is 1. The lowest BCUT2D eigenvalue weighted by Crippen LogP contribution is -2.48. The molecule has 192 valence electrons. The number of imide groups is 1. The predicted octanol–water partition coefficient (Wildman–Crippen LogP) is 5.88. The van der Waals surface area contributed by atoms with Crippen LogP contribution >= 0.6 is 0 Å². The van der Waals surface area contributed by atoms with Gasteiger partial charge < -0.3 is 9.84 Å². The van der Waals surface area contributed by atoms with Crippen LogP contribution in [0.2, 0.25) is 0 Å². The minimum Gasteiger partial charge on any atom is -0.491 e. The molecule has 5 nitrogen and oxygen atoms in total. The summed E-state index contributed by atoms with van der Waals surface area (Å²) < 4.78 is 6.19. The highest BCUT2D eigenvalue weighted by atomic mass is 16.5. The molecule has 1 unspecified atom stereocenters. The van der Waals surface area contributed by atoms with Crippen molar-refractivity contribution < 1.29 is 19.4 Å². The Morgan fingerprint density at radius 2 is 1.69 bits per heavy atom. The number of hydrogen-bond donors (Lipinski definition) is 1. The number of fused-ring (bicyclic) bond motifs is 4. The zero-order valence-corrected chi connectivity index (χ0v) is 22.3. The van der Waals surface area contributed by atoms with Crippen LogP contribution in [0.5, 0.6) is 5.75 Å². The molecule has 36 heavy (non-hydrogen) atoms. The second kappa shape index (κ2) is 9.02. The average molecular weight is 490 g/mol. The Balaban J connectivity index is 1.35. The number of hydrogen-bond acceptors (Lipinski definition) is 4. The van der Waals surface area contributed by atoms with Gasteiger partial charge in [-0.3, -0.25) is 14.5 Å². The van der Waals surface area contributed by atoms with E-state index >= 15 is 0 Å². The van der Waals surface area contributed by atoms with Crippen molar-refractivity contribution >= 4 is 11.8 Å². The first-order chi connectivity index (χ1) is 17.0. The topological polar surface area (TPSA) is 66.8 Å². The van der Waals surface area contributed by atoms with Gasteiger partial charge in [0.2, 0.25) is 0 Å². The smallest absolute Gasteiger partial charge is 0.261 e. The van der Waals surface area contributed by atoms with Gasteiger partial charge in [-0.05, 0) is 77.7 Å². The van der Waals surface area contributed by atoms with E-state index in [9.17, 15) is 14.7 Å². The van der Waals surface area contributed by atoms with Crippen molar-refractivity contribution in [2.45, 2.75) is 84.2 Å². The van der Waals surface area contributed by atoms with Gasteiger partial charge in [0.15, 0.2) is 0 Å². The van der Waals surface area contributed by atoms with E-state index in [0.717, 1.165) is 17.1 Å². The first kappa shape index (κ1) is 25.0. The summed E-state index contributed by atoms with van der Waals surface area (Å²) in [5.41, 5.74) is 5.47. The summed E-state index contributed by atoms with van der Waals surface area (Å²) in [5, 5.41) is 10.7. The molecule has 2 aromatic carbocycles. The lowest BCUT2D eigenvalue weighted by molar-refractivity contribution is 0.0401. The third kappa shape index (κ3) is 3.96. The average Bonchev–Trinajstić information content (AvgIpc) is 3.06. The van der Waals surface area contributed by atoms with Crippen molar-refractivity contribution in [3.63, 3.8) is 0 Å². The van der Waals surface area contributed by atoms with Gasteiger partial charge in [-0.15, -0.1) is 0 Å². The number of ether oxygens (including phenoxy) is 1. The largest absolute Gasteiger partial charge is 0.491 e. The fourth-order valence-electron chi connectivity index (χ4n) is 7.50. The Bertz CT molecular complexity index is 1160. The molecule has 1 heterocycles. The zero-order valence-electron chi connectivity index (χ0n) is 22.3. The Hall–Kier alpha value is -2.66. The lowest BCUT2D eigenvalue weighted by Gasteiger charge is -2.54. The van der Waals surface area contributed by atoms with E-state index in [0.29, 0.717) is 28.4 Å². The monoisotopic (exact) mass is 489 g/mol. The number of aliphatic hydroxyl groups is 1. The maximum atomic E-state index is 12.7. The van der Waals surface area contributed by atoms with Crippen LogP contribution in [0.4, 0.5) is 0 Å². The number of carbonyl (C=O) groups excluding carboxylic acids is 2. The van der Waals surface area contributed by atoms with Gasteiger partial charge in [0, 0.05) is 5.56 Å². The number of carbonyl (C=O) groups is 2. The highest BCUT2D eigenvalue weighted by molar-refractivity contribution is 6.21. The Morgan fingerprint density at radius 1 is 1.03 bits per heavy atom. The van der Waals surface area contributed by atoms with Crippen LogP contribution in [0.25, 0.3) is 0 Å². The van der Waals surface area contributed by atoms with Crippen molar-refractivity contribution in [2.24, 2.45) is 11.3 Å². The standard InChI is InChI=1S/C31H39NO4/c1-19(2)27-23-11-14-26-30(3,4)15-8-16-31(26,5)24(23)12-13-25(27)36-18-20(33)17-32-28(34)21-9-6-7-10-22(21)29(32)35/h6-7,9-10,12-13,19-20,26,33H,8,11,14-18H2,1-5H3/t20?,26-,31+/m0/s1. The molecule has 0 radical (unpaired) electrons. The number of benzene rings is 2. The molecule has 1 fully saturated rings. The second-order valence-corrected chi connectivity index (χ2v) is 12.2. The van der Waals surface area contributed by atoms with Gasteiger partial charge in [0.05, 0.1) is 17.7 Å². The van der Waals surface area contributed by atoms with Crippen molar-refractivity contribution in [3.05, 3.63) is 64.2 Å². The van der Waals surface area contributed by atoms with Gasteiger partial charge in [-0.25, -0.2) is 0 Å². The first-order valence-corrected chi connectivity index (χ1v) is 13.5. The summed E-state index contributed by atoms with van der Waals surface area (Å²) in [4.78, 5) is 26.5. The molecule has 3 atom stereocenters. The molecule has 2 aromatic rings. The molecule has 1 aliphatic heterocycles. The lowest BCUT2D eigenvalue weighted by atomic mass is 9.50. The predicted molar refractivity (Wildman–Crippen MR) is 141 cm³/mol. The zero-order chi connectivity index (χ0) is 25.8. The van der Waals surface area contributed by atoms with Crippen molar-refractivity contribution in [2.75, 3.05) is 13.2 Å². The molecule has 2 amide bonds. The summed E-state index contributed by atoms with van der Waals surface area (Å²) >= 11 is 0. The van der Waals surface area contributed by atoms with Gasteiger partial charge in [0.25, 0.3) is 11.8 Å². The van der Waals surface area contributed by atoms with Crippen LogP contribution in [-0.4, -0.2) is 41.1 Å². The van der Waals surface area contributed by atoms with Crippen LogP contribution in [0, 0.1) is 11.3 Å². The summed E-state index contributed by atoms with van der Waals surface area (Å²) in [6, 6.07) is 11.1. The summed E-state index contributed by atoms with van der Waals surface area (Å²) in [7, 11) is 0. The molecule has 5 heteroatoms. The maximum Gasteiger partial charge on any atom is 0.261 e. The van der Waals surface area contributed by atoms with Crippen molar-refractivity contribution in [1.82, 2.24) is 4.90 Å². The highest BCUT2D eigenvalue weighted by Gasteiger charge is 2.50. The third-order valence-corrected chi connectivity index (χ3v) is 9.13. The van der Waals surface area contributed by atoms with E-state index in [4.69, 9.17) is 4.74 Å². The molecular weight excluding hydrogens is 450 g/mol. The van der Waals surface area contributed by atoms with Crippen LogP contribution in [0.1, 0.15) is 104 Å². The third-order valence-electron chi connectivity index (χ3n) is 9.13. The first-order valence-electron chi connectivity index (χ1n) is 13.5. The highest BCUT2D eigenvalue weighted by Crippen LogP contribution is 2.58. The molecule has 1 saturated carbocycles. The number of amides is 2. The number of rotatable bonds is 6. The van der Waals surface area contributed by atoms with Gasteiger partial charge in [0.1, 0.15) is 18.5 Å². The van der Waals surface area contributed by atoms with E-state index in [1.807, 2.05) is 0 Å². The molecule has 0 bridgehead atoms. The van der Waals surface area contributed by atoms with Crippen molar-refractivity contribution in [1.29, 1.82) is 0 Å². The second-order valence-electron chi connectivity index (χ2n) is 12.2. The fourth-order valence-corrected chi connectivity index (χ4v) is 7.50. The minimum atomic E-state index is -0.968. The van der Waals surface area contributed by atoms with Crippen molar-refractivity contribution in [3.8, 4) is 5.75 Å². The quantitative estimate of drug-likeness (QED) is 0.515. The molecule has 0 aromatic heterocycles. The molecule has 3 aliphatic rings. The van der Waals surface area contributed by atoms with Gasteiger partial charge in [-0.1, -0.05) is 59.2 Å². The molecule has 2 aliphatic carbocycles. The Labute approximate surface area is 214 Å². The number of aliphatic hydroxyl groups excluding tert-OH is 1. The van der Waals surface area contributed by atoms with Crippen LogP contribution in [0.3, 0.4) is 0 Å². The molecule has 0 saturated heterocycles. The minimum absolute atomic E-state index is 0.0266. The molecular formula is C31H39NO4. The summed E-state index contributed by atoms with van der Waals surface area (Å²) in [6.45, 7) is 11.7. The van der Waals surface area contributed by atoms with Crippen LogP contribution in [-0.2, 0) is 11.8 Å². The van der Waals surface area contributed by atoms with Gasteiger partial charge >= 0.3 is 0 Å². The number of β-amino-alcohol motifs (C(OH)–C–C–N with tert-alkyl or cyclic N) is 1. The van der Waals surface area contributed by atoms with E-state index < -0.39 is 6.10 Å². The fraction of sp³-hybridized carbons (Fsp3) is 0.548. The van der Waals surface area contributed by atoms with Gasteiger partial charge in [-0.2, -0.15) is 0 Å². The normalized spacial score (nSPS) is 25.4.